The van der Waals surface area contributed by atoms with E-state index < -0.39 is 30.3 Å². The zero-order valence-corrected chi connectivity index (χ0v) is 12.6. The average Bonchev–Trinajstić information content (AvgIpc) is 2.62. The second kappa shape index (κ2) is 5.83. The summed E-state index contributed by atoms with van der Waals surface area (Å²) in [7, 11) is 1.23. The fourth-order valence-corrected chi connectivity index (χ4v) is 2.93. The van der Waals surface area contributed by atoms with Gasteiger partial charge < -0.3 is 5.32 Å². The molecule has 0 aromatic carbocycles. The summed E-state index contributed by atoms with van der Waals surface area (Å²) >= 11 is 0. The van der Waals surface area contributed by atoms with Crippen molar-refractivity contribution in [2.45, 2.75) is 39.2 Å². The molecule has 7 nitrogen and oxygen atoms in total. The predicted molar refractivity (Wildman–Crippen MR) is 74.0 cm³/mol. The van der Waals surface area contributed by atoms with Crippen LogP contribution in [0, 0.1) is 11.8 Å². The van der Waals surface area contributed by atoms with Crippen molar-refractivity contribution < 1.29 is 19.2 Å². The molecule has 2 rings (SSSR count). The molecule has 0 bridgehead atoms. The summed E-state index contributed by atoms with van der Waals surface area (Å²) in [6.45, 7) is 3.85. The number of rotatable bonds is 3. The van der Waals surface area contributed by atoms with E-state index in [1.165, 1.54) is 7.05 Å². The van der Waals surface area contributed by atoms with Gasteiger partial charge in [-0.05, 0) is 18.3 Å². The first-order valence-electron chi connectivity index (χ1n) is 7.25. The van der Waals surface area contributed by atoms with E-state index in [9.17, 15) is 19.2 Å². The van der Waals surface area contributed by atoms with Crippen LogP contribution in [0.1, 0.15) is 33.1 Å². The van der Waals surface area contributed by atoms with Crippen LogP contribution < -0.4 is 5.32 Å². The molecule has 2 aliphatic rings. The number of hydrogen-bond donors (Lipinski definition) is 1. The molecule has 1 N–H and O–H groups in total. The molecule has 21 heavy (non-hydrogen) atoms. The Morgan fingerprint density at radius 2 is 1.86 bits per heavy atom. The molecule has 116 valence electrons. The van der Waals surface area contributed by atoms with Crippen LogP contribution in [0.4, 0.5) is 4.79 Å². The van der Waals surface area contributed by atoms with E-state index in [2.05, 4.69) is 19.2 Å². The van der Waals surface area contributed by atoms with Crippen molar-refractivity contribution >= 4 is 23.8 Å². The van der Waals surface area contributed by atoms with Crippen molar-refractivity contribution in [2.75, 3.05) is 13.6 Å². The standard InChI is InChI=1S/C14H21N3O4/c1-8-5-4-6-10(9(8)2)15-11(18)7-17-13(20)12(19)16(3)14(17)21/h8-10H,4-7H2,1-3H3,(H,15,18)/t8-,9-,10-/m1/s1. The lowest BCUT2D eigenvalue weighted by Crippen LogP contribution is -2.48. The van der Waals surface area contributed by atoms with Gasteiger partial charge in [-0.2, -0.15) is 0 Å². The zero-order chi connectivity index (χ0) is 15.7. The zero-order valence-electron chi connectivity index (χ0n) is 12.6. The number of carbonyl (C=O) groups is 4. The molecular formula is C14H21N3O4. The molecule has 0 aromatic heterocycles. The van der Waals surface area contributed by atoms with Crippen LogP contribution in [0.2, 0.25) is 0 Å². The first-order chi connectivity index (χ1) is 9.82. The van der Waals surface area contributed by atoms with Gasteiger partial charge in [-0.1, -0.05) is 26.7 Å². The van der Waals surface area contributed by atoms with E-state index in [0.717, 1.165) is 24.2 Å². The molecule has 1 aliphatic carbocycles. The largest absolute Gasteiger partial charge is 0.352 e. The molecule has 1 heterocycles. The molecule has 0 spiro atoms. The average molecular weight is 295 g/mol. The lowest BCUT2D eigenvalue weighted by molar-refractivity contribution is -0.143. The minimum absolute atomic E-state index is 0.0579. The molecule has 2 fully saturated rings. The van der Waals surface area contributed by atoms with Gasteiger partial charge in [0.15, 0.2) is 0 Å². The second-order valence-corrected chi connectivity index (χ2v) is 5.98. The topological polar surface area (TPSA) is 86.8 Å². The van der Waals surface area contributed by atoms with Gasteiger partial charge in [0.1, 0.15) is 6.54 Å². The Morgan fingerprint density at radius 1 is 1.19 bits per heavy atom. The number of likely N-dealkylation sites (N-methyl/N-ethyl adjacent to an activating group) is 1. The summed E-state index contributed by atoms with van der Waals surface area (Å²) in [5, 5.41) is 2.88. The molecule has 1 saturated heterocycles. The number of imide groups is 2. The SMILES string of the molecule is C[C@@H]1[C@H](C)CCC[C@H]1NC(=O)CN1C(=O)C(=O)N(C)C1=O. The predicted octanol–water partition coefficient (Wildman–Crippen LogP) is 0.348. The molecule has 5 amide bonds. The van der Waals surface area contributed by atoms with Crippen molar-refractivity contribution in [2.24, 2.45) is 11.8 Å². The first kappa shape index (κ1) is 15.5. The maximum atomic E-state index is 12.0. The quantitative estimate of drug-likeness (QED) is 0.601. The molecule has 0 radical (unpaired) electrons. The van der Waals surface area contributed by atoms with Gasteiger partial charge >= 0.3 is 17.8 Å². The Bertz CT molecular complexity index is 491. The summed E-state index contributed by atoms with van der Waals surface area (Å²) < 4.78 is 0. The van der Waals surface area contributed by atoms with Crippen LogP contribution in [0.5, 0.6) is 0 Å². The number of urea groups is 1. The van der Waals surface area contributed by atoms with Crippen molar-refractivity contribution in [1.82, 2.24) is 15.1 Å². The summed E-state index contributed by atoms with van der Waals surface area (Å²) in [6.07, 6.45) is 3.10. The highest BCUT2D eigenvalue weighted by Crippen LogP contribution is 2.29. The van der Waals surface area contributed by atoms with E-state index in [4.69, 9.17) is 0 Å². The Kier molecular flexibility index (Phi) is 4.29. The van der Waals surface area contributed by atoms with Gasteiger partial charge in [0.2, 0.25) is 5.91 Å². The number of nitrogens with zero attached hydrogens (tertiary/aromatic N) is 2. The van der Waals surface area contributed by atoms with Gasteiger partial charge in [0.25, 0.3) is 0 Å². The van der Waals surface area contributed by atoms with Crippen molar-refractivity contribution in [3.8, 4) is 0 Å². The van der Waals surface area contributed by atoms with Crippen LogP contribution in [0.15, 0.2) is 0 Å². The van der Waals surface area contributed by atoms with Crippen molar-refractivity contribution in [3.05, 3.63) is 0 Å². The highest BCUT2D eigenvalue weighted by molar-refractivity contribution is 6.44. The van der Waals surface area contributed by atoms with Crippen molar-refractivity contribution in [1.29, 1.82) is 0 Å². The number of nitrogens with one attached hydrogen (secondary N) is 1. The van der Waals surface area contributed by atoms with Gasteiger partial charge in [-0.25, -0.2) is 9.69 Å². The summed E-state index contributed by atoms with van der Waals surface area (Å²) in [5.41, 5.74) is 0. The highest BCUT2D eigenvalue weighted by atomic mass is 16.2. The molecule has 3 atom stereocenters. The van der Waals surface area contributed by atoms with E-state index in [-0.39, 0.29) is 6.04 Å². The van der Waals surface area contributed by atoms with Crippen LogP contribution >= 0.6 is 0 Å². The van der Waals surface area contributed by atoms with Gasteiger partial charge in [-0.3, -0.25) is 19.3 Å². The maximum absolute atomic E-state index is 12.0. The monoisotopic (exact) mass is 295 g/mol. The van der Waals surface area contributed by atoms with Crippen LogP contribution in [-0.4, -0.2) is 53.2 Å². The van der Waals surface area contributed by atoms with Gasteiger partial charge in [0.05, 0.1) is 0 Å². The molecular weight excluding hydrogens is 274 g/mol. The number of amides is 5. The van der Waals surface area contributed by atoms with Crippen LogP contribution in [-0.2, 0) is 14.4 Å². The maximum Gasteiger partial charge on any atom is 0.334 e. The van der Waals surface area contributed by atoms with Crippen LogP contribution in [0.25, 0.3) is 0 Å². The second-order valence-electron chi connectivity index (χ2n) is 5.98. The van der Waals surface area contributed by atoms with Crippen LogP contribution in [0.3, 0.4) is 0 Å². The summed E-state index contributed by atoms with van der Waals surface area (Å²) in [6, 6.07) is -0.687. The summed E-state index contributed by atoms with van der Waals surface area (Å²) in [4.78, 5) is 48.1. The molecule has 0 unspecified atom stereocenters. The van der Waals surface area contributed by atoms with E-state index in [1.807, 2.05) is 0 Å². The molecule has 1 saturated carbocycles. The fraction of sp³-hybridized carbons (Fsp3) is 0.714. The molecule has 1 aliphatic heterocycles. The molecule has 0 aromatic rings. The Labute approximate surface area is 123 Å². The van der Waals surface area contributed by atoms with E-state index in [1.54, 1.807) is 0 Å². The normalized spacial score (nSPS) is 30.0. The van der Waals surface area contributed by atoms with Gasteiger partial charge in [0, 0.05) is 13.1 Å². The van der Waals surface area contributed by atoms with E-state index >= 15 is 0 Å². The summed E-state index contributed by atoms with van der Waals surface area (Å²) in [5.74, 6) is -1.34. The number of hydrogen-bond acceptors (Lipinski definition) is 4. The van der Waals surface area contributed by atoms with E-state index in [0.29, 0.717) is 16.7 Å². The minimum atomic E-state index is -0.942. The highest BCUT2D eigenvalue weighted by Gasteiger charge is 2.43. The first-order valence-corrected chi connectivity index (χ1v) is 7.25. The van der Waals surface area contributed by atoms with Crippen molar-refractivity contribution in [3.63, 3.8) is 0 Å². The number of carbonyl (C=O) groups excluding carboxylic acids is 4. The van der Waals surface area contributed by atoms with Gasteiger partial charge in [-0.15, -0.1) is 0 Å². The lowest BCUT2D eigenvalue weighted by atomic mass is 9.78. The third-order valence-corrected chi connectivity index (χ3v) is 4.61. The fourth-order valence-electron chi connectivity index (χ4n) is 2.93. The third-order valence-electron chi connectivity index (χ3n) is 4.61. The lowest BCUT2D eigenvalue weighted by Gasteiger charge is -2.34. The Balaban J connectivity index is 1.95. The smallest absolute Gasteiger partial charge is 0.334 e. The Morgan fingerprint density at radius 3 is 2.43 bits per heavy atom. The third kappa shape index (κ3) is 2.91. The Hall–Kier alpha value is -1.92. The molecule has 7 heteroatoms. The minimum Gasteiger partial charge on any atom is -0.352 e.